The molecule has 0 aliphatic carbocycles. The predicted octanol–water partition coefficient (Wildman–Crippen LogP) is 3.03. The van der Waals surface area contributed by atoms with E-state index in [4.69, 9.17) is 5.11 Å². The molecule has 3 N–H and O–H groups in total. The van der Waals surface area contributed by atoms with Crippen LogP contribution in [0.2, 0.25) is 0 Å². The fourth-order valence-electron chi connectivity index (χ4n) is 1.73. The fraction of sp³-hybridized carbons (Fsp3) is 0.214. The normalized spacial score (nSPS) is 11.7. The first-order chi connectivity index (χ1) is 9.95. The van der Waals surface area contributed by atoms with Gasteiger partial charge in [-0.15, -0.1) is 11.3 Å². The quantitative estimate of drug-likeness (QED) is 0.809. The summed E-state index contributed by atoms with van der Waals surface area (Å²) in [5.41, 5.74) is 1.74. The zero-order chi connectivity index (χ0) is 15.4. The summed E-state index contributed by atoms with van der Waals surface area (Å²) in [6.45, 7) is 3.69. The standard InChI is InChI=1S/C14H15N3O3S/c1-8-4-3-5-10(6-8)16-14(20)15-9(2)12-17-11(7-21-12)13(18)19/h3-7,9H,1-2H3,(H,18,19)(H2,15,16,20). The van der Waals surface area contributed by atoms with Gasteiger partial charge < -0.3 is 15.7 Å². The molecule has 0 saturated heterocycles. The van der Waals surface area contributed by atoms with Gasteiger partial charge in [-0.2, -0.15) is 0 Å². The summed E-state index contributed by atoms with van der Waals surface area (Å²) in [5, 5.41) is 16.3. The SMILES string of the molecule is Cc1cccc(NC(=O)NC(C)c2nc(C(=O)O)cs2)c1. The van der Waals surface area contributed by atoms with E-state index in [0.717, 1.165) is 5.56 Å². The molecule has 2 rings (SSSR count). The number of aryl methyl sites for hydroxylation is 1. The Bertz CT molecular complexity index is 669. The molecule has 6 nitrogen and oxygen atoms in total. The second-order valence-electron chi connectivity index (χ2n) is 4.57. The molecule has 0 bridgehead atoms. The monoisotopic (exact) mass is 305 g/mol. The lowest BCUT2D eigenvalue weighted by molar-refractivity contribution is 0.0691. The zero-order valence-corrected chi connectivity index (χ0v) is 12.4. The average Bonchev–Trinajstić information content (AvgIpc) is 2.88. The molecule has 2 aromatic rings. The molecule has 1 aromatic heterocycles. The van der Waals surface area contributed by atoms with Gasteiger partial charge in [0.15, 0.2) is 5.69 Å². The van der Waals surface area contributed by atoms with Crippen LogP contribution in [0.1, 0.15) is 34.0 Å². The maximum absolute atomic E-state index is 11.9. The second-order valence-corrected chi connectivity index (χ2v) is 5.46. The molecule has 0 saturated carbocycles. The van der Waals surface area contributed by atoms with Crippen molar-refractivity contribution in [3.63, 3.8) is 0 Å². The third-order valence-corrected chi connectivity index (χ3v) is 3.76. The number of hydrogen-bond acceptors (Lipinski definition) is 4. The zero-order valence-electron chi connectivity index (χ0n) is 11.6. The molecule has 21 heavy (non-hydrogen) atoms. The van der Waals surface area contributed by atoms with Crippen molar-refractivity contribution < 1.29 is 14.7 Å². The van der Waals surface area contributed by atoms with Crippen molar-refractivity contribution in [3.05, 3.63) is 45.9 Å². The molecular weight excluding hydrogens is 290 g/mol. The number of urea groups is 1. The summed E-state index contributed by atoms with van der Waals surface area (Å²) in [6.07, 6.45) is 0. The molecule has 1 heterocycles. The van der Waals surface area contributed by atoms with Gasteiger partial charge in [-0.25, -0.2) is 14.6 Å². The molecule has 7 heteroatoms. The van der Waals surface area contributed by atoms with Gasteiger partial charge in [0.2, 0.25) is 0 Å². The van der Waals surface area contributed by atoms with E-state index < -0.39 is 5.97 Å². The van der Waals surface area contributed by atoms with E-state index in [-0.39, 0.29) is 17.8 Å². The Morgan fingerprint density at radius 1 is 1.38 bits per heavy atom. The lowest BCUT2D eigenvalue weighted by Gasteiger charge is -2.12. The predicted molar refractivity (Wildman–Crippen MR) is 80.8 cm³/mol. The molecule has 1 atom stereocenters. The number of benzene rings is 1. The number of carbonyl (C=O) groups is 2. The minimum atomic E-state index is -1.08. The minimum absolute atomic E-state index is 0.0113. The van der Waals surface area contributed by atoms with Crippen LogP contribution in [-0.2, 0) is 0 Å². The number of anilines is 1. The van der Waals surface area contributed by atoms with Crippen LogP contribution >= 0.6 is 11.3 Å². The van der Waals surface area contributed by atoms with Crippen LogP contribution in [-0.4, -0.2) is 22.1 Å². The third-order valence-electron chi connectivity index (χ3n) is 2.74. The first-order valence-corrected chi connectivity index (χ1v) is 7.16. The van der Waals surface area contributed by atoms with Crippen molar-refractivity contribution in [2.24, 2.45) is 0 Å². The number of aromatic carboxylic acids is 1. The second kappa shape index (κ2) is 6.36. The maximum Gasteiger partial charge on any atom is 0.355 e. The highest BCUT2D eigenvalue weighted by Crippen LogP contribution is 2.18. The molecule has 0 aliphatic heterocycles. The summed E-state index contributed by atoms with van der Waals surface area (Å²) in [5.74, 6) is -1.08. The van der Waals surface area contributed by atoms with Gasteiger partial charge in [0.25, 0.3) is 0 Å². The number of amides is 2. The van der Waals surface area contributed by atoms with Gasteiger partial charge in [-0.3, -0.25) is 0 Å². The van der Waals surface area contributed by atoms with Gasteiger partial charge >= 0.3 is 12.0 Å². The van der Waals surface area contributed by atoms with Crippen molar-refractivity contribution in [2.75, 3.05) is 5.32 Å². The lowest BCUT2D eigenvalue weighted by atomic mass is 10.2. The van der Waals surface area contributed by atoms with E-state index in [1.807, 2.05) is 25.1 Å². The van der Waals surface area contributed by atoms with Gasteiger partial charge in [0, 0.05) is 11.1 Å². The van der Waals surface area contributed by atoms with E-state index in [0.29, 0.717) is 10.7 Å². The molecule has 110 valence electrons. The van der Waals surface area contributed by atoms with Crippen LogP contribution in [0.4, 0.5) is 10.5 Å². The number of hydrogen-bond donors (Lipinski definition) is 3. The number of nitrogens with one attached hydrogen (secondary N) is 2. The van der Waals surface area contributed by atoms with Crippen molar-refractivity contribution >= 4 is 29.0 Å². The smallest absolute Gasteiger partial charge is 0.355 e. The van der Waals surface area contributed by atoms with E-state index in [1.54, 1.807) is 13.0 Å². The molecule has 0 fully saturated rings. The first-order valence-electron chi connectivity index (χ1n) is 6.28. The van der Waals surface area contributed by atoms with Crippen molar-refractivity contribution in [1.29, 1.82) is 0 Å². The van der Waals surface area contributed by atoms with E-state index in [9.17, 15) is 9.59 Å². The summed E-state index contributed by atoms with van der Waals surface area (Å²) >= 11 is 1.20. The number of carboxylic acid groups (broad SMARTS) is 1. The van der Waals surface area contributed by atoms with Crippen LogP contribution in [0, 0.1) is 6.92 Å². The number of aromatic nitrogens is 1. The molecule has 0 aliphatic rings. The number of rotatable bonds is 4. The van der Waals surface area contributed by atoms with E-state index >= 15 is 0 Å². The van der Waals surface area contributed by atoms with Gasteiger partial charge in [-0.1, -0.05) is 12.1 Å². The Balaban J connectivity index is 1.96. The number of nitrogens with zero attached hydrogens (tertiary/aromatic N) is 1. The maximum atomic E-state index is 11.9. The Labute approximate surface area is 125 Å². The largest absolute Gasteiger partial charge is 0.476 e. The summed E-state index contributed by atoms with van der Waals surface area (Å²) < 4.78 is 0. The Morgan fingerprint density at radius 3 is 2.76 bits per heavy atom. The number of carboxylic acids is 1. The van der Waals surface area contributed by atoms with Gasteiger partial charge in [-0.05, 0) is 31.5 Å². The molecular formula is C14H15N3O3S. The van der Waals surface area contributed by atoms with Crippen LogP contribution in [0.3, 0.4) is 0 Å². The Kier molecular flexibility index (Phi) is 4.54. The summed E-state index contributed by atoms with van der Waals surface area (Å²) in [4.78, 5) is 26.6. The highest BCUT2D eigenvalue weighted by Gasteiger charge is 2.15. The topological polar surface area (TPSA) is 91.3 Å². The Morgan fingerprint density at radius 2 is 2.14 bits per heavy atom. The lowest BCUT2D eigenvalue weighted by Crippen LogP contribution is -2.31. The van der Waals surface area contributed by atoms with E-state index in [1.165, 1.54) is 16.7 Å². The van der Waals surface area contributed by atoms with Crippen LogP contribution in [0.15, 0.2) is 29.6 Å². The summed E-state index contributed by atoms with van der Waals surface area (Å²) in [7, 11) is 0. The number of carbonyl (C=O) groups excluding carboxylic acids is 1. The molecule has 1 aromatic carbocycles. The van der Waals surface area contributed by atoms with Gasteiger partial charge in [0.1, 0.15) is 5.01 Å². The van der Waals surface area contributed by atoms with Crippen LogP contribution in [0.25, 0.3) is 0 Å². The van der Waals surface area contributed by atoms with Crippen LogP contribution < -0.4 is 10.6 Å². The van der Waals surface area contributed by atoms with Crippen molar-refractivity contribution in [1.82, 2.24) is 10.3 Å². The molecule has 1 unspecified atom stereocenters. The van der Waals surface area contributed by atoms with Crippen molar-refractivity contribution in [3.8, 4) is 0 Å². The average molecular weight is 305 g/mol. The minimum Gasteiger partial charge on any atom is -0.476 e. The van der Waals surface area contributed by atoms with Gasteiger partial charge in [0.05, 0.1) is 6.04 Å². The third kappa shape index (κ3) is 4.03. The van der Waals surface area contributed by atoms with E-state index in [2.05, 4.69) is 15.6 Å². The highest BCUT2D eigenvalue weighted by molar-refractivity contribution is 7.09. The number of thiazole rings is 1. The summed E-state index contributed by atoms with van der Waals surface area (Å²) in [6, 6.07) is 6.72. The molecule has 2 amide bonds. The Hall–Kier alpha value is -2.41. The highest BCUT2D eigenvalue weighted by atomic mass is 32.1. The molecule has 0 spiro atoms. The molecule has 0 radical (unpaired) electrons. The van der Waals surface area contributed by atoms with Crippen LogP contribution in [0.5, 0.6) is 0 Å². The first kappa shape index (κ1) is 15.0. The fourth-order valence-corrected chi connectivity index (χ4v) is 2.53. The van der Waals surface area contributed by atoms with Crippen molar-refractivity contribution in [2.45, 2.75) is 19.9 Å².